The van der Waals surface area contributed by atoms with Crippen LogP contribution in [-0.4, -0.2) is 54.4 Å². The van der Waals surface area contributed by atoms with Gasteiger partial charge in [0.1, 0.15) is 16.5 Å². The molecule has 0 bridgehead atoms. The smallest absolute Gasteiger partial charge is 0.359 e. The number of nitrogens with zero attached hydrogens (tertiary/aromatic N) is 3. The third kappa shape index (κ3) is 5.50. The number of carbonyl (C=O) groups is 3. The molecule has 0 spiro atoms. The lowest BCUT2D eigenvalue weighted by molar-refractivity contribution is -0.122. The minimum Gasteiger partial charge on any atom is -0.497 e. The molecule has 2 aromatic heterocycles. The van der Waals surface area contributed by atoms with Gasteiger partial charge in [0.15, 0.2) is 5.69 Å². The Kier molecular flexibility index (Phi) is 8.02. The van der Waals surface area contributed by atoms with Crippen molar-refractivity contribution in [2.75, 3.05) is 37.1 Å². The second-order valence-electron chi connectivity index (χ2n) is 9.16. The highest BCUT2D eigenvalue weighted by Crippen LogP contribution is 2.33. The third-order valence-corrected chi connectivity index (χ3v) is 7.51. The lowest BCUT2D eigenvalue weighted by Gasteiger charge is -2.17. The maximum atomic E-state index is 13.7. The van der Waals surface area contributed by atoms with E-state index in [4.69, 9.17) is 14.2 Å². The second-order valence-corrected chi connectivity index (χ2v) is 10.0. The summed E-state index contributed by atoms with van der Waals surface area (Å²) in [5.74, 6) is -0.722. The number of hydrogen-bond donors (Lipinski definition) is 1. The molecule has 1 fully saturated rings. The van der Waals surface area contributed by atoms with Gasteiger partial charge in [0, 0.05) is 35.5 Å². The summed E-state index contributed by atoms with van der Waals surface area (Å²) in [6.07, 6.45) is 0.0123. The van der Waals surface area contributed by atoms with Gasteiger partial charge in [0.2, 0.25) is 11.8 Å². The van der Waals surface area contributed by atoms with Gasteiger partial charge in [0.25, 0.3) is 5.56 Å². The van der Waals surface area contributed by atoms with E-state index < -0.39 is 23.4 Å². The number of carbonyl (C=O) groups excluding carboxylic acids is 3. The molecule has 0 radical (unpaired) electrons. The van der Waals surface area contributed by atoms with Crippen molar-refractivity contribution in [3.8, 4) is 17.2 Å². The minimum atomic E-state index is -0.691. The Bertz CT molecular complexity index is 1680. The van der Waals surface area contributed by atoms with E-state index in [1.54, 1.807) is 72.8 Å². The van der Waals surface area contributed by atoms with Gasteiger partial charge in [-0.1, -0.05) is 6.07 Å². The molecule has 41 heavy (non-hydrogen) atoms. The van der Waals surface area contributed by atoms with E-state index in [1.165, 1.54) is 0 Å². The molecule has 12 heteroatoms. The first-order valence-corrected chi connectivity index (χ1v) is 13.9. The van der Waals surface area contributed by atoms with Crippen LogP contribution in [0.1, 0.15) is 30.8 Å². The Morgan fingerprint density at radius 3 is 2.54 bits per heavy atom. The number of hydrogen-bond acceptors (Lipinski definition) is 9. The van der Waals surface area contributed by atoms with Crippen LogP contribution in [0.25, 0.3) is 16.5 Å². The van der Waals surface area contributed by atoms with Crippen molar-refractivity contribution in [1.29, 1.82) is 0 Å². The number of anilines is 2. The summed E-state index contributed by atoms with van der Waals surface area (Å²) in [7, 11) is 1.54. The summed E-state index contributed by atoms with van der Waals surface area (Å²) in [5, 5.41) is 9.41. The topological polar surface area (TPSA) is 129 Å². The van der Waals surface area contributed by atoms with Gasteiger partial charge < -0.3 is 24.4 Å². The summed E-state index contributed by atoms with van der Waals surface area (Å²) in [4.78, 5) is 54.2. The molecule has 1 unspecified atom stereocenters. The van der Waals surface area contributed by atoms with Crippen LogP contribution < -0.4 is 25.2 Å². The largest absolute Gasteiger partial charge is 0.497 e. The number of aromatic nitrogens is 2. The highest BCUT2D eigenvalue weighted by molar-refractivity contribution is 7.16. The van der Waals surface area contributed by atoms with Gasteiger partial charge in [-0.25, -0.2) is 4.79 Å². The summed E-state index contributed by atoms with van der Waals surface area (Å²) in [6, 6.07) is 13.8. The molecule has 2 aromatic carbocycles. The Labute approximate surface area is 239 Å². The number of nitrogens with one attached hydrogen (secondary N) is 1. The Hall–Kier alpha value is -4.71. The Morgan fingerprint density at radius 2 is 1.83 bits per heavy atom. The zero-order chi connectivity index (χ0) is 29.1. The lowest BCUT2D eigenvalue weighted by Crippen LogP contribution is -2.29. The third-order valence-electron chi connectivity index (χ3n) is 6.61. The normalized spacial score (nSPS) is 14.8. The Balaban J connectivity index is 1.48. The fourth-order valence-corrected chi connectivity index (χ4v) is 5.58. The number of amides is 2. The van der Waals surface area contributed by atoms with Crippen molar-refractivity contribution in [3.63, 3.8) is 0 Å². The molecule has 2 amide bonds. The van der Waals surface area contributed by atoms with Crippen molar-refractivity contribution in [1.82, 2.24) is 9.78 Å². The molecule has 3 heterocycles. The first-order valence-electron chi connectivity index (χ1n) is 13.0. The molecule has 1 atom stereocenters. The standard InChI is InChI=1S/C29H28N4O7S/c1-4-39-20-11-9-18(10-12-20)33-28(36)24-22(25(31-33)29(37)40-5-2)16-41-27(24)30-26(35)17-13-23(34)32(15-17)19-7-6-8-21(14-19)38-3/h6-12,14,16-17H,4-5,13,15H2,1-3H3,(H,30,35). The van der Waals surface area contributed by atoms with Crippen molar-refractivity contribution in [2.24, 2.45) is 5.92 Å². The fraction of sp³-hybridized carbons (Fsp3) is 0.276. The van der Waals surface area contributed by atoms with Crippen LogP contribution in [0.15, 0.2) is 58.7 Å². The van der Waals surface area contributed by atoms with Crippen LogP contribution in [0.4, 0.5) is 10.7 Å². The molecule has 212 valence electrons. The number of thiophene rings is 1. The molecule has 4 aromatic rings. The van der Waals surface area contributed by atoms with Crippen molar-refractivity contribution in [2.45, 2.75) is 20.3 Å². The maximum Gasteiger partial charge on any atom is 0.359 e. The van der Waals surface area contributed by atoms with E-state index in [2.05, 4.69) is 10.4 Å². The van der Waals surface area contributed by atoms with Crippen LogP contribution in [0.5, 0.6) is 11.5 Å². The molecular weight excluding hydrogens is 548 g/mol. The summed E-state index contributed by atoms with van der Waals surface area (Å²) >= 11 is 1.10. The van der Waals surface area contributed by atoms with Gasteiger partial charge in [0.05, 0.1) is 37.3 Å². The number of rotatable bonds is 9. The Morgan fingerprint density at radius 1 is 1.05 bits per heavy atom. The average molecular weight is 577 g/mol. The first-order chi connectivity index (χ1) is 19.8. The van der Waals surface area contributed by atoms with Gasteiger partial charge in [-0.2, -0.15) is 9.78 Å². The second kappa shape index (κ2) is 11.8. The minimum absolute atomic E-state index is 0.0123. The molecule has 1 aliphatic heterocycles. The van der Waals surface area contributed by atoms with Crippen LogP contribution in [0.2, 0.25) is 0 Å². The van der Waals surface area contributed by atoms with Crippen molar-refractivity contribution < 1.29 is 28.6 Å². The summed E-state index contributed by atoms with van der Waals surface area (Å²) < 4.78 is 17.0. The highest BCUT2D eigenvalue weighted by Gasteiger charge is 2.36. The predicted molar refractivity (Wildman–Crippen MR) is 154 cm³/mol. The lowest BCUT2D eigenvalue weighted by atomic mass is 10.1. The molecule has 0 aliphatic carbocycles. The molecule has 1 aliphatic rings. The predicted octanol–water partition coefficient (Wildman–Crippen LogP) is 4.02. The van der Waals surface area contributed by atoms with E-state index >= 15 is 0 Å². The average Bonchev–Trinajstić information content (AvgIpc) is 3.58. The summed E-state index contributed by atoms with van der Waals surface area (Å²) in [5.41, 5.74) is 0.473. The first kappa shape index (κ1) is 27.8. The zero-order valence-corrected chi connectivity index (χ0v) is 23.5. The van der Waals surface area contributed by atoms with Crippen LogP contribution in [0.3, 0.4) is 0 Å². The quantitative estimate of drug-likeness (QED) is 0.296. The van der Waals surface area contributed by atoms with Gasteiger partial charge in [-0.15, -0.1) is 11.3 Å². The monoisotopic (exact) mass is 576 g/mol. The highest BCUT2D eigenvalue weighted by atomic mass is 32.1. The molecule has 1 N–H and O–H groups in total. The number of methoxy groups -OCH3 is 1. The van der Waals surface area contributed by atoms with Crippen LogP contribution >= 0.6 is 11.3 Å². The van der Waals surface area contributed by atoms with Crippen LogP contribution in [0, 0.1) is 5.92 Å². The number of fused-ring (bicyclic) bond motifs is 1. The molecular formula is C29H28N4O7S. The van der Waals surface area contributed by atoms with Gasteiger partial charge in [-0.3, -0.25) is 14.4 Å². The van der Waals surface area contributed by atoms with E-state index in [-0.39, 0.29) is 46.9 Å². The molecule has 0 saturated carbocycles. The van der Waals surface area contributed by atoms with E-state index in [0.29, 0.717) is 29.5 Å². The zero-order valence-electron chi connectivity index (χ0n) is 22.7. The fourth-order valence-electron chi connectivity index (χ4n) is 4.64. The van der Waals surface area contributed by atoms with Crippen LogP contribution in [-0.2, 0) is 14.3 Å². The number of esters is 1. The van der Waals surface area contributed by atoms with Gasteiger partial charge >= 0.3 is 5.97 Å². The van der Waals surface area contributed by atoms with Crippen molar-refractivity contribution >= 4 is 50.6 Å². The maximum absolute atomic E-state index is 13.7. The SMILES string of the molecule is CCOC(=O)c1nn(-c2ccc(OCC)cc2)c(=O)c2c(NC(=O)C3CC(=O)N(c4cccc(OC)c4)C3)scc12. The molecule has 11 nitrogen and oxygen atoms in total. The van der Waals surface area contributed by atoms with E-state index in [0.717, 1.165) is 16.0 Å². The van der Waals surface area contributed by atoms with Gasteiger partial charge in [-0.05, 0) is 50.2 Å². The molecule has 1 saturated heterocycles. The van der Waals surface area contributed by atoms with Crippen molar-refractivity contribution in [3.05, 3.63) is 70.0 Å². The summed E-state index contributed by atoms with van der Waals surface area (Å²) in [6.45, 7) is 4.32. The molecule has 5 rings (SSSR count). The number of benzene rings is 2. The van der Waals surface area contributed by atoms with E-state index in [9.17, 15) is 19.2 Å². The number of ether oxygens (including phenoxy) is 3. The van der Waals surface area contributed by atoms with E-state index in [1.807, 2.05) is 6.92 Å².